The molecule has 7 heteroatoms. The Balaban J connectivity index is 2.23. The van der Waals surface area contributed by atoms with Gasteiger partial charge in [0.05, 0.1) is 6.42 Å². The van der Waals surface area contributed by atoms with Crippen LogP contribution < -0.4 is 10.6 Å². The van der Waals surface area contributed by atoms with Crippen LogP contribution in [0.25, 0.3) is 22.8 Å². The van der Waals surface area contributed by atoms with E-state index in [0.717, 1.165) is 5.56 Å². The van der Waals surface area contributed by atoms with E-state index in [2.05, 4.69) is 10.2 Å². The number of nitrogens with zero attached hydrogens (tertiary/aromatic N) is 3. The molecular weight excluding hydrogens is 298 g/mol. The molecule has 0 bridgehead atoms. The average molecular weight is 311 g/mol. The molecule has 2 N–H and O–H groups in total. The van der Waals surface area contributed by atoms with Gasteiger partial charge in [-0.15, -0.1) is 10.2 Å². The lowest BCUT2D eigenvalue weighted by Crippen LogP contribution is -2.29. The molecule has 0 amide bonds. The third-order valence-corrected chi connectivity index (χ3v) is 3.44. The second kappa shape index (κ2) is 5.88. The van der Waals surface area contributed by atoms with Crippen LogP contribution in [0.5, 0.6) is 0 Å². The van der Waals surface area contributed by atoms with Crippen LogP contribution in [0.15, 0.2) is 47.4 Å². The summed E-state index contributed by atoms with van der Waals surface area (Å²) in [5, 5.41) is 26.9. The summed E-state index contributed by atoms with van der Waals surface area (Å²) in [4.78, 5) is 22.7. The highest BCUT2D eigenvalue weighted by molar-refractivity contribution is 5.68. The molecule has 0 aliphatic heterocycles. The predicted molar refractivity (Wildman–Crippen MR) is 82.8 cm³/mol. The maximum atomic E-state index is 12.1. The van der Waals surface area contributed by atoms with Crippen molar-refractivity contribution < 1.29 is 15.0 Å². The van der Waals surface area contributed by atoms with E-state index in [4.69, 9.17) is 5.11 Å². The van der Waals surface area contributed by atoms with E-state index < -0.39 is 11.4 Å². The Morgan fingerprint density at radius 2 is 1.78 bits per heavy atom. The fourth-order valence-corrected chi connectivity index (χ4v) is 2.34. The molecule has 0 aliphatic rings. The number of hydrogen-bond donors (Lipinski definition) is 2. The summed E-state index contributed by atoms with van der Waals surface area (Å²) in [7, 11) is 0. The van der Waals surface area contributed by atoms with Crippen LogP contribution in [0.1, 0.15) is 12.8 Å². The first-order valence-corrected chi connectivity index (χ1v) is 6.95. The molecule has 23 heavy (non-hydrogen) atoms. The summed E-state index contributed by atoms with van der Waals surface area (Å²) in [6, 6.07) is 10.6. The standard InChI is InChI=1S/C16H13N3O4/c20-11(6-7-13(22)23)14-12(21)8-9-19-15(17-18-16(14)19)10-4-2-1-3-5-10/h1-5,8-9,20H,6-7H2,(H,22,23)/b14-11-. The molecule has 0 unspecified atom stereocenters. The van der Waals surface area contributed by atoms with E-state index in [1.807, 2.05) is 30.3 Å². The van der Waals surface area contributed by atoms with Gasteiger partial charge in [-0.1, -0.05) is 30.3 Å². The van der Waals surface area contributed by atoms with Gasteiger partial charge in [0.2, 0.25) is 0 Å². The number of rotatable bonds is 4. The minimum Gasteiger partial charge on any atom is -0.511 e. The van der Waals surface area contributed by atoms with Crippen molar-refractivity contribution in [2.24, 2.45) is 0 Å². The van der Waals surface area contributed by atoms with Crippen molar-refractivity contribution >= 4 is 17.4 Å². The SMILES string of the molecule is O=C(O)CC/C(O)=c1\c(=O)ccn2c(-c3ccccc3)nnc12. The van der Waals surface area contributed by atoms with E-state index in [1.165, 1.54) is 12.3 Å². The number of carboxylic acid groups (broad SMARTS) is 1. The van der Waals surface area contributed by atoms with Gasteiger partial charge >= 0.3 is 5.97 Å². The molecule has 0 fully saturated rings. The largest absolute Gasteiger partial charge is 0.511 e. The van der Waals surface area contributed by atoms with Gasteiger partial charge in [0.1, 0.15) is 11.0 Å². The van der Waals surface area contributed by atoms with Gasteiger partial charge in [0.15, 0.2) is 16.9 Å². The summed E-state index contributed by atoms with van der Waals surface area (Å²) in [5.74, 6) is -0.815. The van der Waals surface area contributed by atoms with Crippen molar-refractivity contribution in [1.82, 2.24) is 14.6 Å². The van der Waals surface area contributed by atoms with E-state index in [1.54, 1.807) is 4.40 Å². The van der Waals surface area contributed by atoms with Gasteiger partial charge in [-0.05, 0) is 0 Å². The molecule has 0 atom stereocenters. The van der Waals surface area contributed by atoms with Crippen LogP contribution in [0.2, 0.25) is 0 Å². The summed E-state index contributed by atoms with van der Waals surface area (Å²) in [6.45, 7) is 0. The molecule has 0 spiro atoms. The number of benzene rings is 1. The van der Waals surface area contributed by atoms with Gasteiger partial charge in [0.25, 0.3) is 0 Å². The van der Waals surface area contributed by atoms with Crippen molar-refractivity contribution in [2.45, 2.75) is 12.8 Å². The number of carboxylic acids is 1. The van der Waals surface area contributed by atoms with Gasteiger partial charge in [-0.3, -0.25) is 14.0 Å². The highest BCUT2D eigenvalue weighted by atomic mass is 16.4. The number of aromatic nitrogens is 3. The normalized spacial score (nSPS) is 12.3. The fraction of sp³-hybridized carbons (Fsp3) is 0.125. The number of fused-ring (bicyclic) bond motifs is 1. The first-order chi connectivity index (χ1) is 11.1. The summed E-state index contributed by atoms with van der Waals surface area (Å²) < 4.78 is 1.60. The lowest BCUT2D eigenvalue weighted by atomic mass is 10.2. The Morgan fingerprint density at radius 1 is 1.04 bits per heavy atom. The molecular formula is C16H13N3O4. The van der Waals surface area contributed by atoms with Crippen LogP contribution >= 0.6 is 0 Å². The summed E-state index contributed by atoms with van der Waals surface area (Å²) in [6.07, 6.45) is 1.12. The smallest absolute Gasteiger partial charge is 0.303 e. The number of aliphatic carboxylic acids is 1. The molecule has 7 nitrogen and oxygen atoms in total. The molecule has 0 aliphatic carbocycles. The Morgan fingerprint density at radius 3 is 2.48 bits per heavy atom. The maximum absolute atomic E-state index is 12.1. The van der Waals surface area contributed by atoms with E-state index >= 15 is 0 Å². The second-order valence-corrected chi connectivity index (χ2v) is 4.98. The number of aliphatic hydroxyl groups excluding tert-OH is 1. The fourth-order valence-electron chi connectivity index (χ4n) is 2.34. The van der Waals surface area contributed by atoms with E-state index in [-0.39, 0.29) is 29.5 Å². The molecule has 0 saturated heterocycles. The monoisotopic (exact) mass is 311 g/mol. The van der Waals surface area contributed by atoms with E-state index in [0.29, 0.717) is 5.82 Å². The highest BCUT2D eigenvalue weighted by Crippen LogP contribution is 2.16. The number of hydrogen-bond acceptors (Lipinski definition) is 5. The van der Waals surface area contributed by atoms with Crippen molar-refractivity contribution in [3.8, 4) is 11.4 Å². The van der Waals surface area contributed by atoms with Crippen LogP contribution in [-0.4, -0.2) is 30.8 Å². The zero-order valence-electron chi connectivity index (χ0n) is 12.0. The van der Waals surface area contributed by atoms with Gasteiger partial charge in [-0.25, -0.2) is 0 Å². The van der Waals surface area contributed by atoms with Crippen molar-refractivity contribution in [2.75, 3.05) is 0 Å². The molecule has 3 aromatic rings. The Labute approximate surface area is 130 Å². The third kappa shape index (κ3) is 2.76. The van der Waals surface area contributed by atoms with Gasteiger partial charge in [0, 0.05) is 24.2 Å². The number of aliphatic hydroxyl groups is 1. The minimum atomic E-state index is -1.05. The van der Waals surface area contributed by atoms with Gasteiger partial charge in [-0.2, -0.15) is 0 Å². The van der Waals surface area contributed by atoms with Crippen LogP contribution in [-0.2, 0) is 4.79 Å². The molecule has 0 saturated carbocycles. The second-order valence-electron chi connectivity index (χ2n) is 4.98. The number of pyridine rings is 1. The summed E-state index contributed by atoms with van der Waals surface area (Å²) >= 11 is 0. The van der Waals surface area contributed by atoms with Crippen LogP contribution in [0.4, 0.5) is 0 Å². The third-order valence-electron chi connectivity index (χ3n) is 3.44. The Bertz CT molecular complexity index is 980. The van der Waals surface area contributed by atoms with Crippen LogP contribution in [0.3, 0.4) is 0 Å². The zero-order chi connectivity index (χ0) is 16.4. The molecule has 116 valence electrons. The predicted octanol–water partition coefficient (Wildman–Crippen LogP) is 1.01. The molecule has 3 rings (SSSR count). The molecule has 1 aromatic carbocycles. The van der Waals surface area contributed by atoms with Crippen LogP contribution in [0, 0.1) is 0 Å². The summed E-state index contributed by atoms with van der Waals surface area (Å²) in [5.41, 5.74) is 0.598. The highest BCUT2D eigenvalue weighted by Gasteiger charge is 2.13. The molecule has 0 radical (unpaired) electrons. The van der Waals surface area contributed by atoms with Gasteiger partial charge < -0.3 is 10.2 Å². The molecule has 2 aromatic heterocycles. The minimum absolute atomic E-state index is 0.0107. The first-order valence-electron chi connectivity index (χ1n) is 6.95. The molecule has 2 heterocycles. The Kier molecular flexibility index (Phi) is 3.76. The lowest BCUT2D eigenvalue weighted by Gasteiger charge is -2.01. The maximum Gasteiger partial charge on any atom is 0.303 e. The first kappa shape index (κ1) is 14.7. The van der Waals surface area contributed by atoms with E-state index in [9.17, 15) is 14.7 Å². The van der Waals surface area contributed by atoms with Crippen molar-refractivity contribution in [1.29, 1.82) is 0 Å². The van der Waals surface area contributed by atoms with Crippen molar-refractivity contribution in [3.05, 3.63) is 58.0 Å². The number of carbonyl (C=O) groups is 1. The zero-order valence-corrected chi connectivity index (χ0v) is 12.0. The average Bonchev–Trinajstić information content (AvgIpc) is 2.97. The Hall–Kier alpha value is -3.22. The topological polar surface area (TPSA) is 105 Å². The quantitative estimate of drug-likeness (QED) is 0.745. The lowest BCUT2D eigenvalue weighted by molar-refractivity contribution is -0.136. The van der Waals surface area contributed by atoms with Crippen molar-refractivity contribution in [3.63, 3.8) is 0 Å².